The Morgan fingerprint density at radius 1 is 1.45 bits per heavy atom. The number of nitrogens with zero attached hydrogens (tertiary/aromatic N) is 1. The molecule has 1 amide bonds. The summed E-state index contributed by atoms with van der Waals surface area (Å²) < 4.78 is 32.1. The van der Waals surface area contributed by atoms with E-state index in [0.717, 1.165) is 5.56 Å². The van der Waals surface area contributed by atoms with Gasteiger partial charge in [0.1, 0.15) is 0 Å². The molecule has 0 bridgehead atoms. The Morgan fingerprint density at radius 2 is 2.18 bits per heavy atom. The van der Waals surface area contributed by atoms with Crippen molar-refractivity contribution >= 4 is 15.9 Å². The molecule has 7 heteroatoms. The zero-order chi connectivity index (χ0) is 16.3. The molecule has 0 spiro atoms. The van der Waals surface area contributed by atoms with Crippen molar-refractivity contribution in [3.63, 3.8) is 0 Å². The molecule has 0 saturated carbocycles. The predicted octanol–water partition coefficient (Wildman–Crippen LogP) is 1.15. The molecule has 0 radical (unpaired) electrons. The van der Waals surface area contributed by atoms with Gasteiger partial charge in [-0.2, -0.15) is 0 Å². The smallest absolute Gasteiger partial charge is 0.254 e. The number of nitrogens with one attached hydrogen (secondary N) is 1. The summed E-state index contributed by atoms with van der Waals surface area (Å²) in [6, 6.07) is 4.64. The van der Waals surface area contributed by atoms with Crippen LogP contribution in [0, 0.1) is 6.92 Å². The van der Waals surface area contributed by atoms with E-state index in [1.165, 1.54) is 12.1 Å². The number of carbonyl (C=O) groups is 1. The molecule has 1 atom stereocenters. The van der Waals surface area contributed by atoms with E-state index >= 15 is 0 Å². The second-order valence-corrected chi connectivity index (χ2v) is 7.18. The summed E-state index contributed by atoms with van der Waals surface area (Å²) in [5.41, 5.74) is 1.19. The van der Waals surface area contributed by atoms with Crippen molar-refractivity contribution in [3.8, 4) is 0 Å². The summed E-state index contributed by atoms with van der Waals surface area (Å²) in [5, 5.41) is 0. The van der Waals surface area contributed by atoms with Gasteiger partial charge in [-0.25, -0.2) is 13.1 Å². The maximum absolute atomic E-state index is 12.7. The summed E-state index contributed by atoms with van der Waals surface area (Å²) in [6.07, 6.45) is -0.00770. The average Bonchev–Trinajstić information content (AvgIpc) is 2.46. The third-order valence-corrected chi connectivity index (χ3v) is 5.16. The summed E-state index contributed by atoms with van der Waals surface area (Å²) in [5.74, 6) is -0.152. The average molecular weight is 326 g/mol. The number of ether oxygens (including phenoxy) is 1. The summed E-state index contributed by atoms with van der Waals surface area (Å²) in [7, 11) is -3.57. The van der Waals surface area contributed by atoms with E-state index in [9.17, 15) is 13.2 Å². The van der Waals surface area contributed by atoms with Gasteiger partial charge in [-0.1, -0.05) is 13.0 Å². The minimum absolute atomic E-state index is 0.00770. The Bertz CT molecular complexity index is 658. The Balaban J connectivity index is 2.32. The largest absolute Gasteiger partial charge is 0.375 e. The van der Waals surface area contributed by atoms with E-state index in [2.05, 4.69) is 4.72 Å². The molecule has 1 saturated heterocycles. The van der Waals surface area contributed by atoms with E-state index in [1.54, 1.807) is 24.8 Å². The maximum Gasteiger partial charge on any atom is 0.254 e. The first-order chi connectivity index (χ1) is 10.3. The van der Waals surface area contributed by atoms with Crippen molar-refractivity contribution in [2.45, 2.75) is 31.8 Å². The van der Waals surface area contributed by atoms with Gasteiger partial charge in [-0.15, -0.1) is 0 Å². The van der Waals surface area contributed by atoms with Gasteiger partial charge in [0.15, 0.2) is 0 Å². The van der Waals surface area contributed by atoms with Gasteiger partial charge in [0.2, 0.25) is 10.0 Å². The van der Waals surface area contributed by atoms with Gasteiger partial charge in [-0.3, -0.25) is 4.79 Å². The highest BCUT2D eigenvalue weighted by atomic mass is 32.2. The summed E-state index contributed by atoms with van der Waals surface area (Å²) in [6.45, 7) is 7.28. The number of rotatable bonds is 4. The normalized spacial score (nSPS) is 19.2. The number of hydrogen-bond acceptors (Lipinski definition) is 4. The summed E-state index contributed by atoms with van der Waals surface area (Å²) >= 11 is 0. The molecule has 1 aromatic rings. The van der Waals surface area contributed by atoms with Gasteiger partial charge < -0.3 is 9.64 Å². The van der Waals surface area contributed by atoms with Gasteiger partial charge >= 0.3 is 0 Å². The SMILES string of the molecule is CCNS(=O)(=O)c1ccc(C)c(C(=O)N2CCO[C@@H](C)C2)c1. The minimum atomic E-state index is -3.57. The predicted molar refractivity (Wildman–Crippen MR) is 83.4 cm³/mol. The first-order valence-corrected chi connectivity index (χ1v) is 8.84. The topological polar surface area (TPSA) is 75.7 Å². The molecule has 0 unspecified atom stereocenters. The lowest BCUT2D eigenvalue weighted by Gasteiger charge is -2.31. The number of amides is 1. The number of sulfonamides is 1. The molecule has 1 aliphatic rings. The lowest BCUT2D eigenvalue weighted by Crippen LogP contribution is -2.44. The molecule has 1 N–H and O–H groups in total. The number of aryl methyl sites for hydroxylation is 1. The van der Waals surface area contributed by atoms with E-state index in [0.29, 0.717) is 31.8 Å². The van der Waals surface area contributed by atoms with Crippen LogP contribution in [0.1, 0.15) is 29.8 Å². The van der Waals surface area contributed by atoms with Crippen LogP contribution in [0.25, 0.3) is 0 Å². The molecule has 22 heavy (non-hydrogen) atoms. The van der Waals surface area contributed by atoms with Crippen LogP contribution in [0.15, 0.2) is 23.1 Å². The quantitative estimate of drug-likeness (QED) is 0.901. The van der Waals surface area contributed by atoms with Crippen molar-refractivity contribution in [2.75, 3.05) is 26.2 Å². The van der Waals surface area contributed by atoms with Gasteiger partial charge in [0, 0.05) is 25.2 Å². The maximum atomic E-state index is 12.7. The molecule has 6 nitrogen and oxygen atoms in total. The molecule has 1 aromatic carbocycles. The number of carbonyl (C=O) groups excluding carboxylic acids is 1. The van der Waals surface area contributed by atoms with E-state index < -0.39 is 10.0 Å². The summed E-state index contributed by atoms with van der Waals surface area (Å²) in [4.78, 5) is 14.5. The van der Waals surface area contributed by atoms with Crippen LogP contribution in [0.4, 0.5) is 0 Å². The first-order valence-electron chi connectivity index (χ1n) is 7.36. The molecule has 1 fully saturated rings. The molecule has 2 rings (SSSR count). The third kappa shape index (κ3) is 3.66. The fraction of sp³-hybridized carbons (Fsp3) is 0.533. The Kier molecular flexibility index (Phi) is 5.20. The highest BCUT2D eigenvalue weighted by Crippen LogP contribution is 2.19. The fourth-order valence-electron chi connectivity index (χ4n) is 2.45. The zero-order valence-electron chi connectivity index (χ0n) is 13.1. The minimum Gasteiger partial charge on any atom is -0.375 e. The van der Waals surface area contributed by atoms with Gasteiger partial charge in [0.05, 0.1) is 17.6 Å². The molecule has 0 aliphatic carbocycles. The molecule has 1 heterocycles. The highest BCUT2D eigenvalue weighted by molar-refractivity contribution is 7.89. The van der Waals surface area contributed by atoms with Gasteiger partial charge in [-0.05, 0) is 31.5 Å². The number of morpholine rings is 1. The lowest BCUT2D eigenvalue weighted by atomic mass is 10.1. The molecule has 1 aliphatic heterocycles. The third-order valence-electron chi connectivity index (χ3n) is 3.61. The van der Waals surface area contributed by atoms with E-state index in [4.69, 9.17) is 4.74 Å². The first kappa shape index (κ1) is 16.9. The number of benzene rings is 1. The number of hydrogen-bond donors (Lipinski definition) is 1. The monoisotopic (exact) mass is 326 g/mol. The van der Waals surface area contributed by atoms with Crippen molar-refractivity contribution in [1.82, 2.24) is 9.62 Å². The van der Waals surface area contributed by atoms with Crippen molar-refractivity contribution in [1.29, 1.82) is 0 Å². The van der Waals surface area contributed by atoms with Crippen molar-refractivity contribution in [3.05, 3.63) is 29.3 Å². The van der Waals surface area contributed by atoms with Crippen LogP contribution < -0.4 is 4.72 Å². The highest BCUT2D eigenvalue weighted by Gasteiger charge is 2.25. The van der Waals surface area contributed by atoms with Crippen LogP contribution in [-0.4, -0.2) is 51.6 Å². The fourth-order valence-corrected chi connectivity index (χ4v) is 3.51. The van der Waals surface area contributed by atoms with Crippen LogP contribution in [-0.2, 0) is 14.8 Å². The molecular formula is C15H22N2O4S. The van der Waals surface area contributed by atoms with Crippen LogP contribution >= 0.6 is 0 Å². The van der Waals surface area contributed by atoms with Crippen LogP contribution in [0.5, 0.6) is 0 Å². The van der Waals surface area contributed by atoms with Crippen molar-refractivity contribution in [2.24, 2.45) is 0 Å². The second-order valence-electron chi connectivity index (χ2n) is 5.41. The molecular weight excluding hydrogens is 304 g/mol. The Hall–Kier alpha value is -1.44. The molecule has 0 aromatic heterocycles. The second kappa shape index (κ2) is 6.76. The van der Waals surface area contributed by atoms with Crippen LogP contribution in [0.2, 0.25) is 0 Å². The molecule has 122 valence electrons. The Morgan fingerprint density at radius 3 is 2.82 bits per heavy atom. The Labute approximate surface area is 131 Å². The van der Waals surface area contributed by atoms with Gasteiger partial charge in [0.25, 0.3) is 5.91 Å². The van der Waals surface area contributed by atoms with E-state index in [-0.39, 0.29) is 16.9 Å². The lowest BCUT2D eigenvalue weighted by molar-refractivity contribution is -0.0124. The van der Waals surface area contributed by atoms with Crippen molar-refractivity contribution < 1.29 is 17.9 Å². The standard InChI is InChI=1S/C15H22N2O4S/c1-4-16-22(19,20)13-6-5-11(2)14(9-13)15(18)17-7-8-21-12(3)10-17/h5-6,9,12,16H,4,7-8,10H2,1-3H3/t12-/m0/s1. The van der Waals surface area contributed by atoms with E-state index in [1.807, 2.05) is 6.92 Å². The zero-order valence-corrected chi connectivity index (χ0v) is 13.9. The van der Waals surface area contributed by atoms with Crippen LogP contribution in [0.3, 0.4) is 0 Å².